The predicted octanol–water partition coefficient (Wildman–Crippen LogP) is 1.83. The molecule has 2 aromatic carbocycles. The first kappa shape index (κ1) is 25.5. The summed E-state index contributed by atoms with van der Waals surface area (Å²) in [6, 6.07) is 13.5. The Morgan fingerprint density at radius 2 is 1.42 bits per heavy atom. The molecule has 1 fully saturated rings. The maximum atomic E-state index is 12.9. The van der Waals surface area contributed by atoms with Crippen molar-refractivity contribution in [2.75, 3.05) is 47.5 Å². The van der Waals surface area contributed by atoms with Crippen molar-refractivity contribution in [1.82, 2.24) is 9.80 Å². The van der Waals surface area contributed by atoms with Crippen molar-refractivity contribution in [1.29, 1.82) is 0 Å². The van der Waals surface area contributed by atoms with Crippen molar-refractivity contribution in [3.05, 3.63) is 53.6 Å². The number of nitrogens with zero attached hydrogens (tertiary/aromatic N) is 2. The highest BCUT2D eigenvalue weighted by molar-refractivity contribution is 6.27. The molecule has 1 heterocycles. The van der Waals surface area contributed by atoms with Crippen LogP contribution in [0.4, 0.5) is 0 Å². The molecule has 0 saturated carbocycles. The largest absolute Gasteiger partial charge is 0.497 e. The minimum absolute atomic E-state index is 0.0187. The molecular formula is C23H28N2O8. The molecule has 33 heavy (non-hydrogen) atoms. The molecule has 0 aromatic heterocycles. The van der Waals surface area contributed by atoms with Crippen LogP contribution in [0, 0.1) is 0 Å². The van der Waals surface area contributed by atoms with E-state index in [-0.39, 0.29) is 5.91 Å². The van der Waals surface area contributed by atoms with E-state index >= 15 is 0 Å². The molecule has 0 bridgehead atoms. The third-order valence-electron chi connectivity index (χ3n) is 5.04. The molecule has 0 spiro atoms. The van der Waals surface area contributed by atoms with Crippen molar-refractivity contribution < 1.29 is 38.8 Å². The minimum atomic E-state index is -1.82. The molecule has 10 nitrogen and oxygen atoms in total. The number of carboxylic acid groups (broad SMARTS) is 2. The minimum Gasteiger partial charge on any atom is -0.497 e. The van der Waals surface area contributed by atoms with Crippen molar-refractivity contribution in [3.63, 3.8) is 0 Å². The summed E-state index contributed by atoms with van der Waals surface area (Å²) in [4.78, 5) is 35.4. The van der Waals surface area contributed by atoms with E-state index in [2.05, 4.69) is 17.0 Å². The zero-order chi connectivity index (χ0) is 24.4. The molecule has 1 saturated heterocycles. The highest BCUT2D eigenvalue weighted by Crippen LogP contribution is 2.31. The molecule has 10 heteroatoms. The van der Waals surface area contributed by atoms with E-state index in [0.29, 0.717) is 30.2 Å². The van der Waals surface area contributed by atoms with E-state index in [1.165, 1.54) is 5.56 Å². The normalized spacial score (nSPS) is 13.4. The third-order valence-corrected chi connectivity index (χ3v) is 5.04. The van der Waals surface area contributed by atoms with Crippen LogP contribution in [0.2, 0.25) is 0 Å². The lowest BCUT2D eigenvalue weighted by atomic mass is 10.1. The maximum Gasteiger partial charge on any atom is 0.414 e. The average molecular weight is 460 g/mol. The monoisotopic (exact) mass is 460 g/mol. The molecule has 3 rings (SSSR count). The van der Waals surface area contributed by atoms with Gasteiger partial charge in [-0.25, -0.2) is 9.59 Å². The fraction of sp³-hybridized carbons (Fsp3) is 0.348. The van der Waals surface area contributed by atoms with Crippen LogP contribution in [0.1, 0.15) is 15.9 Å². The smallest absolute Gasteiger partial charge is 0.414 e. The summed E-state index contributed by atoms with van der Waals surface area (Å²) in [6.07, 6.45) is 0. The van der Waals surface area contributed by atoms with Gasteiger partial charge in [0.05, 0.1) is 26.9 Å². The summed E-state index contributed by atoms with van der Waals surface area (Å²) in [5.41, 5.74) is 1.78. The summed E-state index contributed by atoms with van der Waals surface area (Å²) >= 11 is 0. The molecule has 0 aliphatic carbocycles. The Hall–Kier alpha value is -3.79. The summed E-state index contributed by atoms with van der Waals surface area (Å²) in [7, 11) is 4.80. The van der Waals surface area contributed by atoms with Crippen LogP contribution in [0.15, 0.2) is 42.5 Å². The second-order valence-electron chi connectivity index (χ2n) is 7.07. The molecule has 2 N–H and O–H groups in total. The first-order chi connectivity index (χ1) is 15.8. The number of methoxy groups -OCH3 is 3. The Morgan fingerprint density at radius 3 is 1.91 bits per heavy atom. The number of carboxylic acids is 2. The standard InChI is InChI=1S/C21H26N2O4.C2H2O4/c1-25-17-9-7-16(8-10-17)15-22-11-13-23(14-12-22)21(24)18-5-4-6-19(26-2)20(18)27-3;3-1(4)2(5)6/h4-10H,11-15H2,1-3H3;(H,3,4)(H,5,6). The number of benzene rings is 2. The van der Waals surface area contributed by atoms with E-state index in [9.17, 15) is 4.79 Å². The second-order valence-corrected chi connectivity index (χ2v) is 7.07. The molecule has 0 unspecified atom stereocenters. The lowest BCUT2D eigenvalue weighted by Crippen LogP contribution is -2.48. The van der Waals surface area contributed by atoms with Crippen molar-refractivity contribution >= 4 is 17.8 Å². The molecule has 178 valence electrons. The van der Waals surface area contributed by atoms with Gasteiger partial charge in [0.2, 0.25) is 0 Å². The summed E-state index contributed by atoms with van der Waals surface area (Å²) in [5, 5.41) is 14.8. The Bertz CT molecular complexity index is 941. The number of hydrogen-bond donors (Lipinski definition) is 2. The summed E-state index contributed by atoms with van der Waals surface area (Å²) < 4.78 is 15.9. The van der Waals surface area contributed by atoms with E-state index in [4.69, 9.17) is 34.0 Å². The highest BCUT2D eigenvalue weighted by Gasteiger charge is 2.25. The number of amides is 1. The Labute approximate surface area is 191 Å². The lowest BCUT2D eigenvalue weighted by molar-refractivity contribution is -0.159. The molecule has 1 aliphatic rings. The summed E-state index contributed by atoms with van der Waals surface area (Å²) in [6.45, 7) is 3.92. The number of carbonyl (C=O) groups is 3. The lowest BCUT2D eigenvalue weighted by Gasteiger charge is -2.35. The zero-order valence-electron chi connectivity index (χ0n) is 18.8. The number of rotatable bonds is 6. The van der Waals surface area contributed by atoms with Crippen molar-refractivity contribution in [3.8, 4) is 17.2 Å². The Balaban J connectivity index is 0.000000569. The summed E-state index contributed by atoms with van der Waals surface area (Å²) in [5.74, 6) is -1.74. The first-order valence-corrected chi connectivity index (χ1v) is 10.1. The van der Waals surface area contributed by atoms with Gasteiger partial charge in [-0.2, -0.15) is 0 Å². The van der Waals surface area contributed by atoms with Gasteiger partial charge in [-0.3, -0.25) is 9.69 Å². The van der Waals surface area contributed by atoms with Gasteiger partial charge >= 0.3 is 11.9 Å². The number of hydrogen-bond acceptors (Lipinski definition) is 7. The predicted molar refractivity (Wildman–Crippen MR) is 119 cm³/mol. The topological polar surface area (TPSA) is 126 Å². The van der Waals surface area contributed by atoms with Crippen LogP contribution in [0.5, 0.6) is 17.2 Å². The first-order valence-electron chi connectivity index (χ1n) is 10.1. The second kappa shape index (κ2) is 12.3. The van der Waals surface area contributed by atoms with Gasteiger partial charge in [-0.1, -0.05) is 18.2 Å². The van der Waals surface area contributed by atoms with E-state index in [1.807, 2.05) is 23.1 Å². The SMILES string of the molecule is COc1ccc(CN2CCN(C(=O)c3cccc(OC)c3OC)CC2)cc1.O=C(O)C(=O)O. The number of piperazine rings is 1. The van der Waals surface area contributed by atoms with Crippen molar-refractivity contribution in [2.24, 2.45) is 0 Å². The molecule has 0 radical (unpaired) electrons. The van der Waals surface area contributed by atoms with Crippen LogP contribution in [-0.2, 0) is 16.1 Å². The van der Waals surface area contributed by atoms with E-state index in [1.54, 1.807) is 33.5 Å². The molecule has 1 amide bonds. The quantitative estimate of drug-likeness (QED) is 0.621. The van der Waals surface area contributed by atoms with Gasteiger partial charge < -0.3 is 29.3 Å². The number of aliphatic carboxylic acids is 2. The van der Waals surface area contributed by atoms with E-state index in [0.717, 1.165) is 25.4 Å². The average Bonchev–Trinajstić information content (AvgIpc) is 2.84. The maximum absolute atomic E-state index is 12.9. The van der Waals surface area contributed by atoms with Gasteiger partial charge in [0, 0.05) is 32.7 Å². The van der Waals surface area contributed by atoms with E-state index < -0.39 is 11.9 Å². The van der Waals surface area contributed by atoms with Gasteiger partial charge in [0.25, 0.3) is 5.91 Å². The van der Waals surface area contributed by atoms with Gasteiger partial charge in [-0.15, -0.1) is 0 Å². The fourth-order valence-corrected chi connectivity index (χ4v) is 3.32. The van der Waals surface area contributed by atoms with Gasteiger partial charge in [0.15, 0.2) is 11.5 Å². The molecular weight excluding hydrogens is 432 g/mol. The number of ether oxygens (including phenoxy) is 3. The molecule has 2 aromatic rings. The number of carbonyl (C=O) groups excluding carboxylic acids is 1. The zero-order valence-corrected chi connectivity index (χ0v) is 18.8. The highest BCUT2D eigenvalue weighted by atomic mass is 16.5. The van der Waals surface area contributed by atoms with Crippen LogP contribution < -0.4 is 14.2 Å². The van der Waals surface area contributed by atoms with Gasteiger partial charge in [0.1, 0.15) is 5.75 Å². The molecule has 1 aliphatic heterocycles. The van der Waals surface area contributed by atoms with Crippen molar-refractivity contribution in [2.45, 2.75) is 6.54 Å². The third kappa shape index (κ3) is 7.11. The van der Waals surface area contributed by atoms with Crippen LogP contribution in [0.3, 0.4) is 0 Å². The Morgan fingerprint density at radius 1 is 0.818 bits per heavy atom. The fourth-order valence-electron chi connectivity index (χ4n) is 3.32. The van der Waals surface area contributed by atoms with Crippen LogP contribution in [0.25, 0.3) is 0 Å². The van der Waals surface area contributed by atoms with Gasteiger partial charge in [-0.05, 0) is 29.8 Å². The van der Waals surface area contributed by atoms with Crippen LogP contribution in [-0.4, -0.2) is 85.4 Å². The Kier molecular flexibility index (Phi) is 9.49. The van der Waals surface area contributed by atoms with Crippen LogP contribution >= 0.6 is 0 Å². The number of para-hydroxylation sites is 1. The molecule has 0 atom stereocenters.